The molecule has 5 heteroatoms. The van der Waals surface area contributed by atoms with Crippen molar-refractivity contribution in [2.24, 2.45) is 0 Å². The smallest absolute Gasteiger partial charge is 0.234 e. The van der Waals surface area contributed by atoms with E-state index < -0.39 is 0 Å². The van der Waals surface area contributed by atoms with Crippen molar-refractivity contribution in [3.05, 3.63) is 29.8 Å². The number of rotatable bonds is 6. The number of nitrogens with one attached hydrogen (secondary N) is 1. The first-order valence-corrected chi connectivity index (χ1v) is 7.49. The summed E-state index contributed by atoms with van der Waals surface area (Å²) in [5.74, 6) is 3.29. The average molecular weight is 301 g/mol. The van der Waals surface area contributed by atoms with Crippen LogP contribution in [0.5, 0.6) is 5.75 Å². The number of methoxy groups -OCH3 is 1. The summed E-state index contributed by atoms with van der Waals surface area (Å²) >= 11 is 0. The van der Waals surface area contributed by atoms with E-state index in [9.17, 15) is 4.79 Å². The number of hydrogen-bond acceptors (Lipinski definition) is 4. The Bertz CT molecular complexity index is 514. The van der Waals surface area contributed by atoms with Gasteiger partial charge in [-0.15, -0.1) is 6.42 Å². The molecule has 1 aromatic rings. The summed E-state index contributed by atoms with van der Waals surface area (Å²) in [6.45, 7) is 5.40. The molecule has 5 nitrogen and oxygen atoms in total. The summed E-state index contributed by atoms with van der Waals surface area (Å²) < 4.78 is 5.17. The first-order chi connectivity index (χ1) is 10.7. The van der Waals surface area contributed by atoms with Gasteiger partial charge in [0.05, 0.1) is 20.2 Å². The van der Waals surface area contributed by atoms with Gasteiger partial charge in [0, 0.05) is 32.7 Å². The molecule has 0 aromatic heterocycles. The van der Waals surface area contributed by atoms with Crippen LogP contribution < -0.4 is 10.1 Å². The summed E-state index contributed by atoms with van der Waals surface area (Å²) in [5, 5.41) is 2.70. The second-order valence-electron chi connectivity index (χ2n) is 5.38. The molecule has 0 aliphatic carbocycles. The summed E-state index contributed by atoms with van der Waals surface area (Å²) in [5.41, 5.74) is 1.28. The Morgan fingerprint density at radius 2 is 1.86 bits per heavy atom. The Kier molecular flexibility index (Phi) is 6.26. The highest BCUT2D eigenvalue weighted by molar-refractivity contribution is 5.78. The van der Waals surface area contributed by atoms with Crippen molar-refractivity contribution in [3.63, 3.8) is 0 Å². The van der Waals surface area contributed by atoms with Crippen LogP contribution in [0.15, 0.2) is 24.3 Å². The minimum atomic E-state index is 0.00144. The zero-order valence-corrected chi connectivity index (χ0v) is 13.0. The Hall–Kier alpha value is -2.03. The monoisotopic (exact) mass is 301 g/mol. The Morgan fingerprint density at radius 3 is 2.45 bits per heavy atom. The van der Waals surface area contributed by atoms with Gasteiger partial charge in [0.1, 0.15) is 5.75 Å². The fourth-order valence-corrected chi connectivity index (χ4v) is 2.50. The van der Waals surface area contributed by atoms with Gasteiger partial charge in [-0.25, -0.2) is 0 Å². The van der Waals surface area contributed by atoms with Gasteiger partial charge in [-0.3, -0.25) is 14.6 Å². The number of nitrogens with zero attached hydrogens (tertiary/aromatic N) is 2. The molecule has 0 radical (unpaired) electrons. The minimum absolute atomic E-state index is 0.00144. The third-order valence-electron chi connectivity index (χ3n) is 3.78. The lowest BCUT2D eigenvalue weighted by atomic mass is 10.2. The third kappa shape index (κ3) is 5.06. The Balaban J connectivity index is 1.72. The predicted octanol–water partition coefficient (Wildman–Crippen LogP) is 0.562. The van der Waals surface area contributed by atoms with Crippen LogP contribution in [-0.2, 0) is 11.3 Å². The van der Waals surface area contributed by atoms with E-state index in [1.807, 2.05) is 12.1 Å². The fraction of sp³-hybridized carbons (Fsp3) is 0.471. The molecule has 22 heavy (non-hydrogen) atoms. The lowest BCUT2D eigenvalue weighted by Crippen LogP contribution is -2.49. The van der Waals surface area contributed by atoms with Crippen molar-refractivity contribution in [2.75, 3.05) is 46.4 Å². The Labute approximate surface area is 132 Å². The van der Waals surface area contributed by atoms with Gasteiger partial charge < -0.3 is 10.1 Å². The molecule has 0 atom stereocenters. The quantitative estimate of drug-likeness (QED) is 0.780. The lowest BCUT2D eigenvalue weighted by molar-refractivity contribution is -0.122. The van der Waals surface area contributed by atoms with Crippen LogP contribution in [0.4, 0.5) is 0 Å². The molecule has 118 valence electrons. The van der Waals surface area contributed by atoms with Crippen LogP contribution in [-0.4, -0.2) is 62.1 Å². The van der Waals surface area contributed by atoms with Crippen molar-refractivity contribution >= 4 is 5.91 Å². The van der Waals surface area contributed by atoms with E-state index in [2.05, 4.69) is 33.2 Å². The first kappa shape index (κ1) is 16.3. The van der Waals surface area contributed by atoms with E-state index in [0.717, 1.165) is 38.5 Å². The highest BCUT2D eigenvalue weighted by Crippen LogP contribution is 2.14. The highest BCUT2D eigenvalue weighted by atomic mass is 16.5. The van der Waals surface area contributed by atoms with Crippen LogP contribution in [0.3, 0.4) is 0 Å². The molecule has 2 rings (SSSR count). The average Bonchev–Trinajstić information content (AvgIpc) is 2.55. The molecule has 1 N–H and O–H groups in total. The van der Waals surface area contributed by atoms with E-state index in [0.29, 0.717) is 13.1 Å². The van der Waals surface area contributed by atoms with E-state index in [1.165, 1.54) is 5.56 Å². The van der Waals surface area contributed by atoms with E-state index in [-0.39, 0.29) is 5.91 Å². The SMILES string of the molecule is C#CCNC(=O)CN1CCN(Cc2ccc(OC)cc2)CC1. The van der Waals surface area contributed by atoms with Crippen molar-refractivity contribution in [1.82, 2.24) is 15.1 Å². The van der Waals surface area contributed by atoms with E-state index >= 15 is 0 Å². The number of amides is 1. The number of benzene rings is 1. The van der Waals surface area contributed by atoms with E-state index in [4.69, 9.17) is 11.2 Å². The molecule has 0 unspecified atom stereocenters. The zero-order valence-electron chi connectivity index (χ0n) is 13.0. The minimum Gasteiger partial charge on any atom is -0.497 e. The summed E-state index contributed by atoms with van der Waals surface area (Å²) in [6, 6.07) is 8.17. The Morgan fingerprint density at radius 1 is 1.23 bits per heavy atom. The molecular formula is C17H23N3O2. The summed E-state index contributed by atoms with van der Waals surface area (Å²) in [7, 11) is 1.67. The number of ether oxygens (including phenoxy) is 1. The maximum Gasteiger partial charge on any atom is 0.234 e. The molecule has 1 fully saturated rings. The molecule has 0 bridgehead atoms. The number of carbonyl (C=O) groups is 1. The molecule has 0 saturated carbocycles. The van der Waals surface area contributed by atoms with Crippen molar-refractivity contribution < 1.29 is 9.53 Å². The third-order valence-corrected chi connectivity index (χ3v) is 3.78. The molecule has 1 aliphatic heterocycles. The van der Waals surface area contributed by atoms with Crippen LogP contribution in [0.1, 0.15) is 5.56 Å². The van der Waals surface area contributed by atoms with Gasteiger partial charge in [-0.2, -0.15) is 0 Å². The molecule has 1 aromatic carbocycles. The number of carbonyl (C=O) groups excluding carboxylic acids is 1. The number of piperazine rings is 1. The summed E-state index contributed by atoms with van der Waals surface area (Å²) in [6.07, 6.45) is 5.13. The van der Waals surface area contributed by atoms with Crippen molar-refractivity contribution in [1.29, 1.82) is 0 Å². The van der Waals surface area contributed by atoms with E-state index in [1.54, 1.807) is 7.11 Å². The predicted molar refractivity (Wildman–Crippen MR) is 86.6 cm³/mol. The van der Waals surface area contributed by atoms with Gasteiger partial charge in [0.25, 0.3) is 0 Å². The standard InChI is InChI=1S/C17H23N3O2/c1-3-8-18-17(21)14-20-11-9-19(10-12-20)13-15-4-6-16(22-2)7-5-15/h1,4-7H,8-14H2,2H3,(H,18,21). The molecule has 1 saturated heterocycles. The molecule has 1 amide bonds. The van der Waals surface area contributed by atoms with Crippen LogP contribution >= 0.6 is 0 Å². The van der Waals surface area contributed by atoms with Crippen molar-refractivity contribution in [2.45, 2.75) is 6.54 Å². The van der Waals surface area contributed by atoms with Gasteiger partial charge in [-0.1, -0.05) is 18.1 Å². The molecule has 1 aliphatic rings. The maximum absolute atomic E-state index is 11.6. The topological polar surface area (TPSA) is 44.8 Å². The number of hydrogen-bond donors (Lipinski definition) is 1. The normalized spacial score (nSPS) is 16.0. The van der Waals surface area contributed by atoms with Crippen LogP contribution in [0.2, 0.25) is 0 Å². The largest absolute Gasteiger partial charge is 0.497 e. The molecular weight excluding hydrogens is 278 g/mol. The van der Waals surface area contributed by atoms with Gasteiger partial charge in [0.2, 0.25) is 5.91 Å². The second kappa shape index (κ2) is 8.42. The van der Waals surface area contributed by atoms with Crippen LogP contribution in [0.25, 0.3) is 0 Å². The molecule has 1 heterocycles. The molecule has 0 spiro atoms. The maximum atomic E-state index is 11.6. The van der Waals surface area contributed by atoms with Crippen molar-refractivity contribution in [3.8, 4) is 18.1 Å². The zero-order chi connectivity index (χ0) is 15.8. The van der Waals surface area contributed by atoms with Gasteiger partial charge in [-0.05, 0) is 17.7 Å². The first-order valence-electron chi connectivity index (χ1n) is 7.49. The van der Waals surface area contributed by atoms with Gasteiger partial charge in [0.15, 0.2) is 0 Å². The van der Waals surface area contributed by atoms with Gasteiger partial charge >= 0.3 is 0 Å². The second-order valence-corrected chi connectivity index (χ2v) is 5.38. The lowest BCUT2D eigenvalue weighted by Gasteiger charge is -2.34. The number of terminal acetylenes is 1. The summed E-state index contributed by atoms with van der Waals surface area (Å²) in [4.78, 5) is 16.2. The highest BCUT2D eigenvalue weighted by Gasteiger charge is 2.18. The van der Waals surface area contributed by atoms with Crippen LogP contribution in [0, 0.1) is 12.3 Å². The fourth-order valence-electron chi connectivity index (χ4n) is 2.50.